The highest BCUT2D eigenvalue weighted by atomic mass is 32.1. The number of carbonyl (C=O) groups excluding carboxylic acids is 1. The third kappa shape index (κ3) is 5.34. The molecule has 0 saturated carbocycles. The summed E-state index contributed by atoms with van der Waals surface area (Å²) in [5.41, 5.74) is 1.83. The number of piperidine rings is 1. The Hall–Kier alpha value is -2.70. The number of aromatic nitrogens is 1. The normalized spacial score (nSPS) is 18.0. The molecule has 0 N–H and O–H groups in total. The number of rotatable bonds is 5. The van der Waals surface area contributed by atoms with Crippen LogP contribution in [0.25, 0.3) is 10.6 Å². The van der Waals surface area contributed by atoms with Crippen LogP contribution in [0.1, 0.15) is 53.9 Å². The van der Waals surface area contributed by atoms with Crippen LogP contribution in [0.5, 0.6) is 11.5 Å². The Balaban J connectivity index is 1.21. The maximum atomic E-state index is 13.3. The number of ether oxygens (including phenoxy) is 1. The van der Waals surface area contributed by atoms with E-state index < -0.39 is 0 Å². The van der Waals surface area contributed by atoms with E-state index in [1.54, 1.807) is 0 Å². The molecule has 5 nitrogen and oxygen atoms in total. The standard InChI is InChI=1S/C28H33N3O2S/c1-21-26(28(32)31-19-15-23(16-20-31)30-17-7-2-3-8-18-30)34-27(29-21)22-11-13-25(14-12-22)33-24-9-5-4-6-10-24/h4-6,9-14,23H,2-3,7-8,15-20H2,1H3. The van der Waals surface area contributed by atoms with Crippen LogP contribution in [0, 0.1) is 6.92 Å². The zero-order valence-corrected chi connectivity index (χ0v) is 20.7. The second-order valence-electron chi connectivity index (χ2n) is 9.35. The number of para-hydroxylation sites is 1. The molecule has 2 fully saturated rings. The zero-order chi connectivity index (χ0) is 23.3. The van der Waals surface area contributed by atoms with Crippen molar-refractivity contribution in [2.24, 2.45) is 0 Å². The van der Waals surface area contributed by atoms with Gasteiger partial charge in [0.2, 0.25) is 0 Å². The topological polar surface area (TPSA) is 45.7 Å². The average Bonchev–Trinajstić information content (AvgIpc) is 3.07. The summed E-state index contributed by atoms with van der Waals surface area (Å²) in [7, 11) is 0. The minimum Gasteiger partial charge on any atom is -0.457 e. The number of likely N-dealkylation sites (tertiary alicyclic amines) is 2. The Bertz CT molecular complexity index is 1080. The van der Waals surface area contributed by atoms with Gasteiger partial charge in [0, 0.05) is 24.7 Å². The van der Waals surface area contributed by atoms with Gasteiger partial charge in [-0.05, 0) is 82.1 Å². The molecule has 3 aromatic rings. The van der Waals surface area contributed by atoms with Crippen LogP contribution < -0.4 is 4.74 Å². The van der Waals surface area contributed by atoms with Crippen LogP contribution in [0.2, 0.25) is 0 Å². The molecule has 2 aliphatic rings. The van der Waals surface area contributed by atoms with Crippen molar-refractivity contribution < 1.29 is 9.53 Å². The van der Waals surface area contributed by atoms with Gasteiger partial charge in [-0.2, -0.15) is 0 Å². The molecule has 0 spiro atoms. The Kier molecular flexibility index (Phi) is 7.26. The van der Waals surface area contributed by atoms with E-state index >= 15 is 0 Å². The molecule has 0 bridgehead atoms. The monoisotopic (exact) mass is 475 g/mol. The van der Waals surface area contributed by atoms with Crippen molar-refractivity contribution in [3.05, 3.63) is 65.2 Å². The van der Waals surface area contributed by atoms with Gasteiger partial charge >= 0.3 is 0 Å². The van der Waals surface area contributed by atoms with Gasteiger partial charge in [-0.15, -0.1) is 11.3 Å². The summed E-state index contributed by atoms with van der Waals surface area (Å²) in [6.07, 6.45) is 7.54. The Labute approximate surface area is 206 Å². The van der Waals surface area contributed by atoms with Gasteiger partial charge in [0.15, 0.2) is 0 Å². The fraction of sp³-hybridized carbons (Fsp3) is 0.429. The molecule has 0 unspecified atom stereocenters. The largest absolute Gasteiger partial charge is 0.457 e. The van der Waals surface area contributed by atoms with Crippen molar-refractivity contribution in [2.45, 2.75) is 51.5 Å². The number of amides is 1. The Morgan fingerprint density at radius 3 is 2.21 bits per heavy atom. The van der Waals surface area contributed by atoms with E-state index in [0.717, 1.165) is 58.6 Å². The highest BCUT2D eigenvalue weighted by molar-refractivity contribution is 7.17. The molecular formula is C28H33N3O2S. The van der Waals surface area contributed by atoms with Crippen molar-refractivity contribution in [1.82, 2.24) is 14.8 Å². The van der Waals surface area contributed by atoms with Crippen LogP contribution in [0.15, 0.2) is 54.6 Å². The first-order valence-corrected chi connectivity index (χ1v) is 13.3. The molecule has 2 saturated heterocycles. The molecule has 3 heterocycles. The molecule has 2 aliphatic heterocycles. The first kappa shape index (κ1) is 23.1. The van der Waals surface area contributed by atoms with E-state index in [1.807, 2.05) is 66.4 Å². The van der Waals surface area contributed by atoms with Crippen LogP contribution in [-0.2, 0) is 0 Å². The summed E-state index contributed by atoms with van der Waals surface area (Å²) in [5, 5.41) is 0.881. The Morgan fingerprint density at radius 1 is 0.882 bits per heavy atom. The van der Waals surface area contributed by atoms with Crippen LogP contribution in [-0.4, -0.2) is 52.9 Å². The van der Waals surface area contributed by atoms with E-state index in [1.165, 1.54) is 50.1 Å². The predicted octanol–water partition coefficient (Wildman–Crippen LogP) is 6.39. The van der Waals surface area contributed by atoms with Crippen molar-refractivity contribution in [3.8, 4) is 22.1 Å². The number of hydrogen-bond acceptors (Lipinski definition) is 5. The highest BCUT2D eigenvalue weighted by Crippen LogP contribution is 2.32. The summed E-state index contributed by atoms with van der Waals surface area (Å²) in [5.74, 6) is 1.74. The smallest absolute Gasteiger partial charge is 0.265 e. The highest BCUT2D eigenvalue weighted by Gasteiger charge is 2.29. The summed E-state index contributed by atoms with van der Waals surface area (Å²) in [6.45, 7) is 6.09. The van der Waals surface area contributed by atoms with Crippen LogP contribution in [0.4, 0.5) is 0 Å². The first-order valence-electron chi connectivity index (χ1n) is 12.5. The SMILES string of the molecule is Cc1nc(-c2ccc(Oc3ccccc3)cc2)sc1C(=O)N1CCC(N2CCCCCC2)CC1. The first-order chi connectivity index (χ1) is 16.7. The quantitative estimate of drug-likeness (QED) is 0.429. The lowest BCUT2D eigenvalue weighted by Gasteiger charge is -2.38. The fourth-order valence-corrected chi connectivity index (χ4v) is 6.09. The minimum atomic E-state index is 0.139. The van der Waals surface area contributed by atoms with E-state index in [-0.39, 0.29) is 5.91 Å². The van der Waals surface area contributed by atoms with E-state index in [0.29, 0.717) is 6.04 Å². The number of aryl methyl sites for hydroxylation is 1. The second-order valence-corrected chi connectivity index (χ2v) is 10.3. The number of hydrogen-bond donors (Lipinski definition) is 0. The average molecular weight is 476 g/mol. The van der Waals surface area contributed by atoms with Crippen molar-refractivity contribution >= 4 is 17.2 Å². The van der Waals surface area contributed by atoms with Crippen molar-refractivity contribution in [1.29, 1.82) is 0 Å². The van der Waals surface area contributed by atoms with Crippen LogP contribution >= 0.6 is 11.3 Å². The van der Waals surface area contributed by atoms with Gasteiger partial charge < -0.3 is 14.5 Å². The molecule has 2 aromatic carbocycles. The maximum Gasteiger partial charge on any atom is 0.265 e. The number of carbonyl (C=O) groups is 1. The van der Waals surface area contributed by atoms with Crippen LogP contribution in [0.3, 0.4) is 0 Å². The van der Waals surface area contributed by atoms with Gasteiger partial charge in [-0.1, -0.05) is 31.0 Å². The fourth-order valence-electron chi connectivity index (χ4n) is 5.05. The number of thiazole rings is 1. The minimum absolute atomic E-state index is 0.139. The predicted molar refractivity (Wildman–Crippen MR) is 138 cm³/mol. The number of nitrogens with zero attached hydrogens (tertiary/aromatic N) is 3. The maximum absolute atomic E-state index is 13.3. The lowest BCUT2D eigenvalue weighted by Crippen LogP contribution is -2.47. The molecule has 1 amide bonds. The number of benzene rings is 2. The van der Waals surface area contributed by atoms with Gasteiger partial charge in [0.25, 0.3) is 5.91 Å². The summed E-state index contributed by atoms with van der Waals surface area (Å²) in [4.78, 5) is 23.5. The Morgan fingerprint density at radius 2 is 1.53 bits per heavy atom. The summed E-state index contributed by atoms with van der Waals surface area (Å²) < 4.78 is 5.89. The third-order valence-electron chi connectivity index (χ3n) is 6.98. The summed E-state index contributed by atoms with van der Waals surface area (Å²) >= 11 is 1.50. The van der Waals surface area contributed by atoms with E-state index in [9.17, 15) is 4.79 Å². The van der Waals surface area contributed by atoms with E-state index in [4.69, 9.17) is 9.72 Å². The lowest BCUT2D eigenvalue weighted by atomic mass is 10.0. The molecule has 178 valence electrons. The molecule has 1 aromatic heterocycles. The van der Waals surface area contributed by atoms with Gasteiger partial charge in [-0.3, -0.25) is 4.79 Å². The van der Waals surface area contributed by atoms with Gasteiger partial charge in [-0.25, -0.2) is 4.98 Å². The van der Waals surface area contributed by atoms with Crippen molar-refractivity contribution in [3.63, 3.8) is 0 Å². The molecule has 34 heavy (non-hydrogen) atoms. The molecule has 0 aliphatic carbocycles. The van der Waals surface area contributed by atoms with E-state index in [2.05, 4.69) is 4.90 Å². The van der Waals surface area contributed by atoms with Crippen molar-refractivity contribution in [2.75, 3.05) is 26.2 Å². The molecule has 0 radical (unpaired) electrons. The lowest BCUT2D eigenvalue weighted by molar-refractivity contribution is 0.0626. The molecular weight excluding hydrogens is 442 g/mol. The van der Waals surface area contributed by atoms with Gasteiger partial charge in [0.1, 0.15) is 21.4 Å². The molecule has 0 atom stereocenters. The second kappa shape index (κ2) is 10.7. The molecule has 5 rings (SSSR count). The summed E-state index contributed by atoms with van der Waals surface area (Å²) in [6, 6.07) is 18.3. The zero-order valence-electron chi connectivity index (χ0n) is 19.9. The third-order valence-corrected chi connectivity index (χ3v) is 8.17. The van der Waals surface area contributed by atoms with Gasteiger partial charge in [0.05, 0.1) is 5.69 Å². The molecule has 6 heteroatoms.